The fourth-order valence-corrected chi connectivity index (χ4v) is 12.5. The third-order valence-corrected chi connectivity index (χ3v) is 15.7. The molecule has 0 atom stereocenters. The number of nitrogens with zero attached hydrogens (tertiary/aromatic N) is 4. The molecule has 13 rings (SSSR count). The van der Waals surface area contributed by atoms with Crippen molar-refractivity contribution in [2.45, 2.75) is 77.6 Å². The molecule has 0 radical (unpaired) electrons. The molecule has 0 saturated carbocycles. The standard InChI is InChI=1S/C66H54N4O.Pt/c1-43-38-61(67-41-56(43)44-32-34-48(35-33-44)66(2,3)4)70-57-29-12-11-26-52(57)53-37-36-51(40-60(53)70)71-50-25-17-24-49(39-50)68-42-69(59-31-14-13-30-58(59)68)65-63(46-18-7-5-8-19-46)54-27-15-22-45-23-16-28-55(62(45)54)64(65)47-20-9-6-10-21-47;/h5-14,17-21,24-26,29-38,41,45H,15-16,22-23,27-28H2,1-4H3;/q-2;/i5D,6D,7D,8D,9D,10D,18D,19D,20D,21D;. The Kier molecular flexibility index (Phi) is 8.61. The monoisotopic (exact) mass is 1120 g/mol. The Labute approximate surface area is 446 Å². The van der Waals surface area contributed by atoms with Crippen molar-refractivity contribution in [2.24, 2.45) is 0 Å². The number of aromatic nitrogens is 4. The first-order valence-corrected chi connectivity index (χ1v) is 25.8. The zero-order chi connectivity index (χ0) is 57.4. The maximum absolute atomic E-state index is 9.56. The van der Waals surface area contributed by atoms with E-state index >= 15 is 0 Å². The molecule has 6 heteroatoms. The van der Waals surface area contributed by atoms with Gasteiger partial charge in [-0.2, -0.15) is 0 Å². The van der Waals surface area contributed by atoms with Gasteiger partial charge in [0.25, 0.3) is 0 Å². The van der Waals surface area contributed by atoms with Crippen LogP contribution in [0.2, 0.25) is 0 Å². The third kappa shape index (κ3) is 7.47. The van der Waals surface area contributed by atoms with Gasteiger partial charge in [-0.25, -0.2) is 0 Å². The molecule has 11 aromatic rings. The molecule has 2 aliphatic rings. The first-order valence-electron chi connectivity index (χ1n) is 29.6. The number of pyridine rings is 1. The van der Waals surface area contributed by atoms with Gasteiger partial charge in [-0.15, -0.1) is 0 Å². The topological polar surface area (TPSA) is 36.9 Å². The number of benzene rings is 8. The van der Waals surface area contributed by atoms with Crippen LogP contribution in [0, 0.1) is 22.9 Å². The summed E-state index contributed by atoms with van der Waals surface area (Å²) in [5.41, 5.74) is 12.1. The SMILES string of the molecule is [2H]c1c([2H])c([2H])c(-c2c3c4c(c(-c5c([2H])c([2H])c([2H])c([2H])c5[2H])c2-n2[c](=[Pt])n(-c5[c-]c(Oc6[c-]c7c(cc6)c6ccccc6n7-c6cc(C)c(-c7ccc(C(C)(C)C)cc7)cn6)ccc5)c5ccccc52)CCCC4CCC3)c([2H])c1[2H]. The van der Waals surface area contributed by atoms with Crippen LogP contribution in [-0.2, 0) is 37.6 Å². The van der Waals surface area contributed by atoms with Gasteiger partial charge in [-0.05, 0) is 29.0 Å². The van der Waals surface area contributed by atoms with Gasteiger partial charge < -0.3 is 0 Å². The van der Waals surface area contributed by atoms with Gasteiger partial charge in [0.05, 0.1) is 0 Å². The second-order valence-corrected chi connectivity index (χ2v) is 21.0. The zero-order valence-electron chi connectivity index (χ0n) is 50.3. The summed E-state index contributed by atoms with van der Waals surface area (Å²) in [6.07, 6.45) is 6.37. The van der Waals surface area contributed by atoms with Crippen LogP contribution in [0.4, 0.5) is 0 Å². The van der Waals surface area contributed by atoms with Crippen LogP contribution in [-0.4, -0.2) is 18.7 Å². The molecule has 5 nitrogen and oxygen atoms in total. The molecule has 0 unspecified atom stereocenters. The number of ether oxygens (including phenoxy) is 1. The summed E-state index contributed by atoms with van der Waals surface area (Å²) in [5, 5.41) is 2.03. The molecular weight excluding hydrogens is 1060 g/mol. The van der Waals surface area contributed by atoms with Gasteiger partial charge >= 0.3 is 351 Å². The molecule has 3 heterocycles. The Morgan fingerprint density at radius 3 is 1.92 bits per heavy atom. The summed E-state index contributed by atoms with van der Waals surface area (Å²) in [6, 6.07) is 39.0. The van der Waals surface area contributed by atoms with Crippen LogP contribution < -0.4 is 4.74 Å². The van der Waals surface area contributed by atoms with Gasteiger partial charge in [0.2, 0.25) is 0 Å². The van der Waals surface area contributed by atoms with Crippen molar-refractivity contribution in [1.29, 1.82) is 0 Å². The van der Waals surface area contributed by atoms with E-state index in [0.717, 1.165) is 92.2 Å². The number of hydrogen-bond acceptors (Lipinski definition) is 2. The van der Waals surface area contributed by atoms with Crippen LogP contribution in [0.15, 0.2) is 176 Å². The van der Waals surface area contributed by atoms with Crippen molar-refractivity contribution in [3.05, 3.63) is 220 Å². The summed E-state index contributed by atoms with van der Waals surface area (Å²) < 4.78 is 105. The molecular formula is C66H54N4OPt-2. The molecule has 8 aromatic carbocycles. The summed E-state index contributed by atoms with van der Waals surface area (Å²) in [5.74, 6) is 1.66. The number of aryl methyl sites for hydroxylation is 1. The fourth-order valence-electron chi connectivity index (χ4n) is 11.5. The van der Waals surface area contributed by atoms with Crippen LogP contribution in [0.1, 0.15) is 93.9 Å². The van der Waals surface area contributed by atoms with E-state index in [-0.39, 0.29) is 46.6 Å². The van der Waals surface area contributed by atoms with Crippen molar-refractivity contribution in [3.63, 3.8) is 0 Å². The van der Waals surface area contributed by atoms with Crippen molar-refractivity contribution in [3.8, 4) is 62.1 Å². The van der Waals surface area contributed by atoms with Gasteiger partial charge in [0.1, 0.15) is 0 Å². The van der Waals surface area contributed by atoms with Crippen LogP contribution in [0.5, 0.6) is 11.5 Å². The van der Waals surface area contributed by atoms with E-state index in [1.807, 2.05) is 82.1 Å². The normalized spacial score (nSPS) is 15.8. The number of fused-ring (bicyclic) bond motifs is 4. The molecule has 0 spiro atoms. The molecule has 2 aliphatic carbocycles. The van der Waals surface area contributed by atoms with Gasteiger partial charge in [-0.3, -0.25) is 0 Å². The second kappa shape index (κ2) is 17.8. The number of imidazole rings is 1. The van der Waals surface area contributed by atoms with E-state index in [9.17, 15) is 5.48 Å². The van der Waals surface area contributed by atoms with Crippen molar-refractivity contribution in [1.82, 2.24) is 18.7 Å². The van der Waals surface area contributed by atoms with Crippen molar-refractivity contribution in [2.75, 3.05) is 0 Å². The van der Waals surface area contributed by atoms with E-state index < -0.39 is 36.3 Å². The first-order chi connectivity index (χ1) is 39.3. The van der Waals surface area contributed by atoms with E-state index in [2.05, 4.69) is 106 Å². The van der Waals surface area contributed by atoms with Gasteiger partial charge in [0, 0.05) is 11.8 Å². The Bertz CT molecular complexity index is 4430. The van der Waals surface area contributed by atoms with Crippen LogP contribution in [0.25, 0.3) is 83.4 Å². The Morgan fingerprint density at radius 2 is 1.26 bits per heavy atom. The van der Waals surface area contributed by atoms with Crippen molar-refractivity contribution >= 4 is 32.8 Å². The number of hydrogen-bond donors (Lipinski definition) is 0. The Hall–Kier alpha value is -7.33. The molecule has 3 aromatic heterocycles. The average Bonchev–Trinajstić information content (AvgIpc) is 1.93. The zero-order valence-corrected chi connectivity index (χ0v) is 42.6. The summed E-state index contributed by atoms with van der Waals surface area (Å²) in [7, 11) is 0. The molecule has 356 valence electrons. The minimum atomic E-state index is -0.525. The van der Waals surface area contributed by atoms with Gasteiger partial charge in [-0.1, -0.05) is 57.2 Å². The van der Waals surface area contributed by atoms with E-state index in [0.29, 0.717) is 56.2 Å². The molecule has 0 amide bonds. The van der Waals surface area contributed by atoms with E-state index in [4.69, 9.17) is 17.9 Å². The molecule has 72 heavy (non-hydrogen) atoms. The quantitative estimate of drug-likeness (QED) is 0.142. The number of rotatable bonds is 8. The Balaban J connectivity index is 0.996. The van der Waals surface area contributed by atoms with Crippen LogP contribution >= 0.6 is 0 Å². The van der Waals surface area contributed by atoms with Crippen LogP contribution in [0.3, 0.4) is 0 Å². The second-order valence-electron chi connectivity index (χ2n) is 20.0. The van der Waals surface area contributed by atoms with Crippen molar-refractivity contribution < 1.29 is 37.8 Å². The van der Waals surface area contributed by atoms with E-state index in [1.165, 1.54) is 5.56 Å². The Morgan fingerprint density at radius 1 is 0.639 bits per heavy atom. The third-order valence-electron chi connectivity index (χ3n) is 14.7. The summed E-state index contributed by atoms with van der Waals surface area (Å²) in [6.45, 7) is 8.75. The molecule has 0 bridgehead atoms. The predicted molar refractivity (Wildman–Crippen MR) is 291 cm³/mol. The molecule has 0 saturated heterocycles. The number of para-hydroxylation sites is 3. The van der Waals surface area contributed by atoms with Gasteiger partial charge in [0.15, 0.2) is 0 Å². The summed E-state index contributed by atoms with van der Waals surface area (Å²) in [4.78, 5) is 5.07. The molecule has 0 fully saturated rings. The fraction of sp³-hybridized carbons (Fsp3) is 0.182. The average molecular weight is 1120 g/mol. The molecule has 0 aliphatic heterocycles. The maximum atomic E-state index is 9.56. The van der Waals surface area contributed by atoms with E-state index in [1.54, 1.807) is 0 Å². The predicted octanol–water partition coefficient (Wildman–Crippen LogP) is 16.7. The first kappa shape index (κ1) is 34.9. The summed E-state index contributed by atoms with van der Waals surface area (Å²) >= 11 is 2.24. The molecule has 0 N–H and O–H groups in total. The minimum absolute atomic E-state index is 0.00177.